The molecule has 0 saturated carbocycles. The van der Waals surface area contributed by atoms with Crippen LogP contribution in [0.2, 0.25) is 0 Å². The van der Waals surface area contributed by atoms with E-state index in [1.165, 1.54) is 0 Å². The summed E-state index contributed by atoms with van der Waals surface area (Å²) in [5, 5.41) is 13.8. The summed E-state index contributed by atoms with van der Waals surface area (Å²) in [6.07, 6.45) is -5.67. The molecule has 0 aliphatic carbocycles. The summed E-state index contributed by atoms with van der Waals surface area (Å²) < 4.78 is 67.8. The summed E-state index contributed by atoms with van der Waals surface area (Å²) in [7, 11) is -3.22. The fourth-order valence-electron chi connectivity index (χ4n) is 4.48. The number of carbonyl (C=O) groups excluding carboxylic acids is 3. The molecule has 1 saturated heterocycles. The molecule has 0 spiro atoms. The summed E-state index contributed by atoms with van der Waals surface area (Å²) in [5.41, 5.74) is 0.713. The van der Waals surface area contributed by atoms with Crippen LogP contribution in [0.15, 0.2) is 30.3 Å². The quantitative estimate of drug-likeness (QED) is 0.164. The summed E-state index contributed by atoms with van der Waals surface area (Å²) >= 11 is 0. The van der Waals surface area contributed by atoms with E-state index in [0.29, 0.717) is 24.8 Å². The van der Waals surface area contributed by atoms with Crippen LogP contribution in [0.4, 0.5) is 18.0 Å². The molecule has 1 fully saturated rings. The van der Waals surface area contributed by atoms with Crippen molar-refractivity contribution in [1.82, 2.24) is 15.5 Å². The number of amides is 3. The number of unbranched alkanes of at least 4 members (excludes halogenated alkanes) is 2. The average Bonchev–Trinajstić information content (AvgIpc) is 3.47. The SMILES string of the molecule is CCCCC(NC(=O)OCc1ccccc1)P(=O)(OC)O[C@@H](CCCCNC(=O)C(F)(F)F)C(=O)N1CCC[C@H]1C(=O)O. The first-order valence-corrected chi connectivity index (χ1v) is 15.6. The highest BCUT2D eigenvalue weighted by molar-refractivity contribution is 7.54. The maximum absolute atomic E-state index is 14.0. The Kier molecular flexibility index (Phi) is 14.4. The molecule has 2 rings (SSSR count). The minimum Gasteiger partial charge on any atom is -0.480 e. The van der Waals surface area contributed by atoms with Crippen LogP contribution in [-0.2, 0) is 39.3 Å². The summed E-state index contributed by atoms with van der Waals surface area (Å²) in [4.78, 5) is 50.1. The second-order valence-corrected chi connectivity index (χ2v) is 12.2. The van der Waals surface area contributed by atoms with Gasteiger partial charge in [0, 0.05) is 20.2 Å². The van der Waals surface area contributed by atoms with Crippen molar-refractivity contribution in [3.8, 4) is 0 Å². The molecule has 0 bridgehead atoms. The van der Waals surface area contributed by atoms with Crippen LogP contribution in [0.5, 0.6) is 0 Å². The molecule has 1 aliphatic rings. The molecule has 1 heterocycles. The van der Waals surface area contributed by atoms with E-state index in [1.807, 2.05) is 6.92 Å². The van der Waals surface area contributed by atoms with Crippen LogP contribution in [-0.4, -0.2) is 78.2 Å². The Labute approximate surface area is 248 Å². The molecule has 1 aromatic rings. The summed E-state index contributed by atoms with van der Waals surface area (Å²) in [6.45, 7) is 1.56. The van der Waals surface area contributed by atoms with E-state index in [0.717, 1.165) is 12.0 Å². The number of likely N-dealkylation sites (tertiary alicyclic amines) is 1. The van der Waals surface area contributed by atoms with Crippen LogP contribution in [0.3, 0.4) is 0 Å². The van der Waals surface area contributed by atoms with E-state index in [1.54, 1.807) is 35.6 Å². The van der Waals surface area contributed by atoms with Gasteiger partial charge in [-0.3, -0.25) is 18.7 Å². The highest BCUT2D eigenvalue weighted by atomic mass is 31.2. The van der Waals surface area contributed by atoms with Gasteiger partial charge in [-0.15, -0.1) is 0 Å². The number of alkyl halides is 3. The molecular weight excluding hydrogens is 598 g/mol. The van der Waals surface area contributed by atoms with E-state index >= 15 is 0 Å². The van der Waals surface area contributed by atoms with Crippen molar-refractivity contribution in [2.45, 2.75) is 89.0 Å². The van der Waals surface area contributed by atoms with Crippen LogP contribution < -0.4 is 10.6 Å². The average molecular weight is 638 g/mol. The van der Waals surface area contributed by atoms with Crippen LogP contribution >= 0.6 is 7.60 Å². The van der Waals surface area contributed by atoms with E-state index in [-0.39, 0.29) is 51.8 Å². The Bertz CT molecular complexity index is 1120. The lowest BCUT2D eigenvalue weighted by atomic mass is 10.1. The standard InChI is InChI=1S/C27H39F3N3O9P/c1-3-4-15-22(32-26(38)41-18-19-11-6-5-7-12-19)43(39,40-2)42-21(14-8-9-16-31-25(37)27(28,29)30)23(34)33-17-10-13-20(33)24(35)36/h5-7,11-12,20-22H,3-4,8-10,13-18H2,1-2H3,(H,31,37)(H,32,38)(H,35,36)/t20-,21-,22?,43?/m0/s1. The minimum absolute atomic E-state index is 0.0118. The van der Waals surface area contributed by atoms with E-state index in [4.69, 9.17) is 13.8 Å². The first-order valence-electron chi connectivity index (χ1n) is 14.0. The Morgan fingerprint density at radius 2 is 1.81 bits per heavy atom. The number of halogens is 3. The number of benzene rings is 1. The number of carboxylic acids is 1. The molecule has 242 valence electrons. The normalized spacial score (nSPS) is 17.9. The lowest BCUT2D eigenvalue weighted by Gasteiger charge is -2.32. The van der Waals surface area contributed by atoms with Crippen LogP contribution in [0.25, 0.3) is 0 Å². The number of alkyl carbamates (subject to hydrolysis) is 1. The van der Waals surface area contributed by atoms with Crippen molar-refractivity contribution >= 4 is 31.5 Å². The van der Waals surface area contributed by atoms with Gasteiger partial charge in [-0.05, 0) is 44.1 Å². The Morgan fingerprint density at radius 1 is 1.12 bits per heavy atom. The predicted octanol–water partition coefficient (Wildman–Crippen LogP) is 4.58. The molecule has 3 amide bonds. The van der Waals surface area contributed by atoms with Gasteiger partial charge in [0.2, 0.25) is 0 Å². The van der Waals surface area contributed by atoms with E-state index in [9.17, 15) is 42.0 Å². The fraction of sp³-hybridized carbons (Fsp3) is 0.630. The molecule has 4 atom stereocenters. The molecule has 43 heavy (non-hydrogen) atoms. The number of carbonyl (C=O) groups is 4. The van der Waals surface area contributed by atoms with Gasteiger partial charge in [-0.25, -0.2) is 9.59 Å². The Hall–Kier alpha value is -3.16. The van der Waals surface area contributed by atoms with E-state index in [2.05, 4.69) is 5.32 Å². The van der Waals surface area contributed by atoms with Crippen LogP contribution in [0.1, 0.15) is 63.9 Å². The number of nitrogens with zero attached hydrogens (tertiary/aromatic N) is 1. The summed E-state index contributed by atoms with van der Waals surface area (Å²) in [5.74, 6) is -5.33. The van der Waals surface area contributed by atoms with Gasteiger partial charge in [0.25, 0.3) is 5.91 Å². The van der Waals surface area contributed by atoms with Crippen molar-refractivity contribution in [3.05, 3.63) is 35.9 Å². The zero-order chi connectivity index (χ0) is 32.0. The first kappa shape index (κ1) is 36.0. The smallest absolute Gasteiger partial charge is 0.471 e. The van der Waals surface area contributed by atoms with Crippen molar-refractivity contribution < 1.29 is 55.8 Å². The molecule has 1 aromatic carbocycles. The predicted molar refractivity (Wildman–Crippen MR) is 148 cm³/mol. The number of aliphatic carboxylic acids is 1. The third-order valence-corrected chi connectivity index (χ3v) is 8.98. The molecule has 16 heteroatoms. The highest BCUT2D eigenvalue weighted by Crippen LogP contribution is 2.54. The third kappa shape index (κ3) is 11.5. The highest BCUT2D eigenvalue weighted by Gasteiger charge is 2.44. The van der Waals surface area contributed by atoms with Crippen molar-refractivity contribution in [1.29, 1.82) is 0 Å². The number of ether oxygens (including phenoxy) is 1. The molecule has 3 N–H and O–H groups in total. The topological polar surface area (TPSA) is 161 Å². The van der Waals surface area contributed by atoms with Gasteiger partial charge in [-0.2, -0.15) is 13.2 Å². The van der Waals surface area contributed by atoms with Crippen LogP contribution in [0, 0.1) is 0 Å². The molecule has 0 radical (unpaired) electrons. The molecular formula is C27H39F3N3O9P. The van der Waals surface area contributed by atoms with Gasteiger partial charge in [0.05, 0.1) is 0 Å². The number of carboxylic acid groups (broad SMARTS) is 1. The van der Waals surface area contributed by atoms with Gasteiger partial charge < -0.3 is 29.9 Å². The second-order valence-electron chi connectivity index (χ2n) is 9.96. The van der Waals surface area contributed by atoms with Gasteiger partial charge >= 0.3 is 31.7 Å². The van der Waals surface area contributed by atoms with Gasteiger partial charge in [0.1, 0.15) is 24.5 Å². The third-order valence-electron chi connectivity index (χ3n) is 6.77. The zero-order valence-corrected chi connectivity index (χ0v) is 25.0. The maximum Gasteiger partial charge on any atom is 0.471 e. The largest absolute Gasteiger partial charge is 0.480 e. The Balaban J connectivity index is 2.20. The molecule has 0 aromatic heterocycles. The molecule has 12 nitrogen and oxygen atoms in total. The first-order chi connectivity index (χ1) is 20.3. The lowest BCUT2D eigenvalue weighted by molar-refractivity contribution is -0.173. The maximum atomic E-state index is 14.0. The molecule has 2 unspecified atom stereocenters. The number of rotatable bonds is 17. The number of hydrogen-bond donors (Lipinski definition) is 3. The monoisotopic (exact) mass is 637 g/mol. The fourth-order valence-corrected chi connectivity index (χ4v) is 6.28. The second kappa shape index (κ2) is 17.2. The van der Waals surface area contributed by atoms with E-state index < -0.39 is 55.6 Å². The minimum atomic E-state index is -5.04. The Morgan fingerprint density at radius 3 is 2.42 bits per heavy atom. The lowest BCUT2D eigenvalue weighted by Crippen LogP contribution is -2.47. The van der Waals surface area contributed by atoms with Crippen molar-refractivity contribution in [2.24, 2.45) is 0 Å². The zero-order valence-electron chi connectivity index (χ0n) is 24.1. The summed E-state index contributed by atoms with van der Waals surface area (Å²) in [6, 6.07) is 7.70. The van der Waals surface area contributed by atoms with Crippen molar-refractivity contribution in [3.63, 3.8) is 0 Å². The molecule has 1 aliphatic heterocycles. The van der Waals surface area contributed by atoms with Gasteiger partial charge in [-0.1, -0.05) is 50.1 Å². The van der Waals surface area contributed by atoms with Crippen molar-refractivity contribution in [2.75, 3.05) is 20.2 Å². The number of nitrogens with one attached hydrogen (secondary N) is 2. The number of hydrogen-bond acceptors (Lipinski definition) is 8. The van der Waals surface area contributed by atoms with Gasteiger partial charge in [0.15, 0.2) is 0 Å².